The third-order valence-corrected chi connectivity index (χ3v) is 5.45. The van der Waals surface area contributed by atoms with Gasteiger partial charge in [-0.1, -0.05) is 0 Å². The van der Waals surface area contributed by atoms with Crippen molar-refractivity contribution in [1.29, 1.82) is 0 Å². The van der Waals surface area contributed by atoms with Crippen LogP contribution in [0.5, 0.6) is 0 Å². The van der Waals surface area contributed by atoms with Crippen LogP contribution in [0.25, 0.3) is 0 Å². The Labute approximate surface area is 126 Å². The van der Waals surface area contributed by atoms with Gasteiger partial charge in [0.25, 0.3) is 0 Å². The Morgan fingerprint density at radius 1 is 1.53 bits per heavy atom. The monoisotopic (exact) mass is 339 g/mol. The van der Waals surface area contributed by atoms with Crippen molar-refractivity contribution in [2.45, 2.75) is 31.7 Å². The lowest BCUT2D eigenvalue weighted by Crippen LogP contribution is -2.26. The third-order valence-electron chi connectivity index (χ3n) is 3.77. The average Bonchev–Trinajstić information content (AvgIpc) is 2.98. The topological polar surface area (TPSA) is 29.9 Å². The number of aryl methyl sites for hydroxylation is 1. The second-order valence-corrected chi connectivity index (χ2v) is 7.57. The molecular formula is C14H18BrN3S. The first-order valence-electron chi connectivity index (χ1n) is 6.72. The van der Waals surface area contributed by atoms with Gasteiger partial charge in [0.15, 0.2) is 0 Å². The molecule has 0 saturated carbocycles. The largest absolute Gasteiger partial charge is 0.309 e. The highest BCUT2D eigenvalue weighted by Gasteiger charge is 2.22. The van der Waals surface area contributed by atoms with Crippen LogP contribution in [0.2, 0.25) is 0 Å². The van der Waals surface area contributed by atoms with Crippen LogP contribution in [0.3, 0.4) is 0 Å². The fourth-order valence-electron chi connectivity index (χ4n) is 2.77. The Morgan fingerprint density at radius 3 is 3.21 bits per heavy atom. The van der Waals surface area contributed by atoms with Crippen LogP contribution in [-0.4, -0.2) is 16.3 Å². The van der Waals surface area contributed by atoms with E-state index >= 15 is 0 Å². The van der Waals surface area contributed by atoms with Gasteiger partial charge in [-0.05, 0) is 53.7 Å². The van der Waals surface area contributed by atoms with E-state index in [1.54, 1.807) is 0 Å². The van der Waals surface area contributed by atoms with E-state index in [1.165, 1.54) is 39.2 Å². The maximum absolute atomic E-state index is 4.39. The fraction of sp³-hybridized carbons (Fsp3) is 0.500. The lowest BCUT2D eigenvalue weighted by Gasteiger charge is -2.23. The minimum absolute atomic E-state index is 0.487. The third kappa shape index (κ3) is 2.93. The molecule has 19 heavy (non-hydrogen) atoms. The molecule has 0 fully saturated rings. The summed E-state index contributed by atoms with van der Waals surface area (Å²) in [6.07, 6.45) is 6.79. The van der Waals surface area contributed by atoms with E-state index in [0.717, 1.165) is 13.0 Å². The number of fused-ring (bicyclic) bond motifs is 1. The zero-order valence-electron chi connectivity index (χ0n) is 11.0. The van der Waals surface area contributed by atoms with E-state index in [9.17, 15) is 0 Å². The molecule has 1 aliphatic carbocycles. The molecule has 1 atom stereocenters. The van der Waals surface area contributed by atoms with Crippen molar-refractivity contribution >= 4 is 27.3 Å². The SMILES string of the molecule is Cn1ncc2c1CCCC2NCCc1ccc(Br)s1. The van der Waals surface area contributed by atoms with E-state index in [4.69, 9.17) is 0 Å². The van der Waals surface area contributed by atoms with Gasteiger partial charge >= 0.3 is 0 Å². The van der Waals surface area contributed by atoms with E-state index in [1.807, 2.05) is 29.3 Å². The summed E-state index contributed by atoms with van der Waals surface area (Å²) in [5, 5.41) is 8.08. The molecule has 0 aliphatic heterocycles. The number of halogens is 1. The van der Waals surface area contributed by atoms with Crippen LogP contribution in [0.4, 0.5) is 0 Å². The molecule has 5 heteroatoms. The number of hydrogen-bond donors (Lipinski definition) is 1. The fourth-order valence-corrected chi connectivity index (χ4v) is 4.26. The van der Waals surface area contributed by atoms with Gasteiger partial charge in [0.05, 0.1) is 9.98 Å². The van der Waals surface area contributed by atoms with Crippen molar-refractivity contribution in [3.8, 4) is 0 Å². The molecule has 1 unspecified atom stereocenters. The van der Waals surface area contributed by atoms with E-state index in [2.05, 4.69) is 38.5 Å². The first kappa shape index (κ1) is 13.3. The zero-order valence-corrected chi connectivity index (χ0v) is 13.4. The number of thiophene rings is 1. The van der Waals surface area contributed by atoms with Gasteiger partial charge in [0, 0.05) is 35.8 Å². The molecule has 2 aromatic rings. The summed E-state index contributed by atoms with van der Waals surface area (Å²) in [5.41, 5.74) is 2.81. The van der Waals surface area contributed by atoms with Crippen molar-refractivity contribution < 1.29 is 0 Å². The van der Waals surface area contributed by atoms with Crippen LogP contribution >= 0.6 is 27.3 Å². The van der Waals surface area contributed by atoms with Crippen LogP contribution in [0.15, 0.2) is 22.1 Å². The highest BCUT2D eigenvalue weighted by Crippen LogP contribution is 2.29. The summed E-state index contributed by atoms with van der Waals surface area (Å²) in [6, 6.07) is 4.81. The second-order valence-electron chi connectivity index (χ2n) is 5.02. The maximum Gasteiger partial charge on any atom is 0.0701 e. The molecular weight excluding hydrogens is 322 g/mol. The number of nitrogens with zero attached hydrogens (tertiary/aromatic N) is 2. The van der Waals surface area contributed by atoms with Gasteiger partial charge in [-0.25, -0.2) is 0 Å². The van der Waals surface area contributed by atoms with Crippen molar-refractivity contribution in [3.05, 3.63) is 38.3 Å². The van der Waals surface area contributed by atoms with Crippen LogP contribution in [-0.2, 0) is 19.9 Å². The van der Waals surface area contributed by atoms with E-state index in [-0.39, 0.29) is 0 Å². The molecule has 0 radical (unpaired) electrons. The van der Waals surface area contributed by atoms with Crippen molar-refractivity contribution in [2.75, 3.05) is 6.54 Å². The summed E-state index contributed by atoms with van der Waals surface area (Å²) < 4.78 is 3.24. The number of nitrogens with one attached hydrogen (secondary N) is 1. The molecule has 2 aromatic heterocycles. The molecule has 3 nitrogen and oxygen atoms in total. The summed E-state index contributed by atoms with van der Waals surface area (Å²) in [5.74, 6) is 0. The average molecular weight is 340 g/mol. The molecule has 0 amide bonds. The molecule has 2 heterocycles. The van der Waals surface area contributed by atoms with Crippen molar-refractivity contribution in [3.63, 3.8) is 0 Å². The van der Waals surface area contributed by atoms with Gasteiger partial charge in [-0.15, -0.1) is 11.3 Å². The Kier molecular flexibility index (Phi) is 4.05. The molecule has 0 saturated heterocycles. The van der Waals surface area contributed by atoms with Gasteiger partial charge in [0.1, 0.15) is 0 Å². The molecule has 0 aromatic carbocycles. The molecule has 1 aliphatic rings. The minimum Gasteiger partial charge on any atom is -0.309 e. The first-order valence-corrected chi connectivity index (χ1v) is 8.33. The zero-order chi connectivity index (χ0) is 13.2. The van der Waals surface area contributed by atoms with E-state index < -0.39 is 0 Å². The predicted octanol–water partition coefficient (Wildman–Crippen LogP) is 3.45. The quantitative estimate of drug-likeness (QED) is 0.924. The van der Waals surface area contributed by atoms with Gasteiger partial charge in [0.2, 0.25) is 0 Å². The summed E-state index contributed by atoms with van der Waals surface area (Å²) in [4.78, 5) is 1.43. The summed E-state index contributed by atoms with van der Waals surface area (Å²) in [7, 11) is 2.05. The Balaban J connectivity index is 1.59. The minimum atomic E-state index is 0.487. The predicted molar refractivity (Wildman–Crippen MR) is 82.6 cm³/mol. The number of hydrogen-bond acceptors (Lipinski definition) is 3. The highest BCUT2D eigenvalue weighted by molar-refractivity contribution is 9.11. The normalized spacial score (nSPS) is 18.5. The van der Waals surface area contributed by atoms with Gasteiger partial charge in [-0.2, -0.15) is 5.10 Å². The molecule has 3 rings (SSSR count). The first-order chi connectivity index (χ1) is 9.24. The maximum atomic E-state index is 4.39. The van der Waals surface area contributed by atoms with Gasteiger partial charge in [-0.3, -0.25) is 4.68 Å². The Bertz CT molecular complexity index is 561. The number of rotatable bonds is 4. The smallest absolute Gasteiger partial charge is 0.0701 e. The van der Waals surface area contributed by atoms with Crippen LogP contribution in [0.1, 0.15) is 35.0 Å². The molecule has 1 N–H and O–H groups in total. The van der Waals surface area contributed by atoms with Crippen molar-refractivity contribution in [1.82, 2.24) is 15.1 Å². The Morgan fingerprint density at radius 2 is 2.42 bits per heavy atom. The lowest BCUT2D eigenvalue weighted by atomic mass is 9.93. The lowest BCUT2D eigenvalue weighted by molar-refractivity contribution is 0.456. The van der Waals surface area contributed by atoms with Crippen molar-refractivity contribution in [2.24, 2.45) is 7.05 Å². The highest BCUT2D eigenvalue weighted by atomic mass is 79.9. The summed E-state index contributed by atoms with van der Waals surface area (Å²) in [6.45, 7) is 1.03. The molecule has 0 spiro atoms. The van der Waals surface area contributed by atoms with Crippen LogP contribution in [0, 0.1) is 0 Å². The van der Waals surface area contributed by atoms with E-state index in [0.29, 0.717) is 6.04 Å². The number of aromatic nitrogens is 2. The molecule has 0 bridgehead atoms. The second kappa shape index (κ2) is 5.77. The van der Waals surface area contributed by atoms with Crippen LogP contribution < -0.4 is 5.32 Å². The molecule has 102 valence electrons. The summed E-state index contributed by atoms with van der Waals surface area (Å²) >= 11 is 5.34. The Hall–Kier alpha value is -0.650. The standard InChI is InChI=1S/C14H18BrN3S/c1-18-13-4-2-3-12(11(13)9-17-18)16-8-7-10-5-6-14(15)19-10/h5-6,9,12,16H,2-4,7-8H2,1H3. The van der Waals surface area contributed by atoms with Gasteiger partial charge < -0.3 is 5.32 Å².